The standard InChI is InChI=1S/C45H32N6O.C42H29N5O.C39H27N5OS.3Pt/c1-27-12-5-6-15-32(27)43-47-48-44-37-26-41(30(4)24-36(37)34-17-8-10-19-39(34)51(43)44)52-31-20-21-35-33-16-7-9-18-38(33)50(40(35)25-31)45-46-22-23-49(45)42-28(2)13-11-14-29(42)3;1-24-10-7-11-25(2)38(24)32-21-30-27-12-5-6-16-35(27)46-23-44-45-40(46)31(30)22-37(32)48-26-17-18-28-29-13-8-14-33-39(29)47(36(28)20-26)41-34(42(33,3)4)15-9-19-43-41;1-22-9-14-34-31(19-22)28-12-10-26(20-32(28)37-41-42-38(44(34)37)36-24(3)17-23(2)18-25(36)4)45-27-11-13-30-29-7-5-6-8-33(29)43(35(30)21-27)39-40-15-16-46-39;;;/h5-24H,1-4H3;5-19,21,23H,1-4H3;5-19H,1-4H3;;;/q3*-2;3*+2. The first-order valence-corrected chi connectivity index (χ1v) is 49.7. The molecule has 1 aliphatic rings. The van der Waals surface area contributed by atoms with Crippen molar-refractivity contribution in [2.24, 2.45) is 0 Å². The molecule has 29 rings (SSSR count). The van der Waals surface area contributed by atoms with E-state index in [1.807, 2.05) is 83.1 Å². The van der Waals surface area contributed by atoms with Crippen molar-refractivity contribution in [3.63, 3.8) is 0 Å². The molecule has 0 radical (unpaired) electrons. The smallest absolute Gasteiger partial charge is 0.503 e. The van der Waals surface area contributed by atoms with Gasteiger partial charge in [0.2, 0.25) is 5.95 Å². The van der Waals surface area contributed by atoms with Gasteiger partial charge in [-0.1, -0.05) is 309 Å². The van der Waals surface area contributed by atoms with E-state index in [4.69, 9.17) is 44.6 Å². The number of aromatic nitrogens is 16. The van der Waals surface area contributed by atoms with Crippen molar-refractivity contribution >= 4 is 159 Å². The molecule has 0 saturated carbocycles. The second-order valence-electron chi connectivity index (χ2n) is 38.7. The summed E-state index contributed by atoms with van der Waals surface area (Å²) in [5.74, 6) is 6.95. The summed E-state index contributed by atoms with van der Waals surface area (Å²) in [5, 5.41) is 46.5. The van der Waals surface area contributed by atoms with Gasteiger partial charge in [0.25, 0.3) is 0 Å². The number of rotatable bonds is 12. The third kappa shape index (κ3) is 15.2. The Kier molecular flexibility index (Phi) is 23.6. The molecule has 149 heavy (non-hydrogen) atoms. The molecule has 0 atom stereocenters. The fraction of sp³-hybridized carbons (Fsp3) is 0.103. The van der Waals surface area contributed by atoms with Gasteiger partial charge in [0.1, 0.15) is 12.1 Å². The molecule has 0 bridgehead atoms. The van der Waals surface area contributed by atoms with Crippen LogP contribution in [-0.2, 0) is 68.6 Å². The van der Waals surface area contributed by atoms with Crippen LogP contribution in [-0.4, -0.2) is 77.0 Å². The maximum absolute atomic E-state index is 6.90. The van der Waals surface area contributed by atoms with E-state index >= 15 is 0 Å². The van der Waals surface area contributed by atoms with Crippen LogP contribution in [0.1, 0.15) is 80.6 Å². The van der Waals surface area contributed by atoms with E-state index < -0.39 is 0 Å². The summed E-state index contributed by atoms with van der Waals surface area (Å²) in [5.41, 5.74) is 30.6. The molecule has 0 saturated heterocycles. The summed E-state index contributed by atoms with van der Waals surface area (Å²) >= 11 is 1.60. The maximum Gasteiger partial charge on any atom is 2.00 e. The first-order valence-electron chi connectivity index (χ1n) is 48.8. The van der Waals surface area contributed by atoms with Gasteiger partial charge in [0, 0.05) is 120 Å². The Labute approximate surface area is 903 Å². The van der Waals surface area contributed by atoms with Crippen molar-refractivity contribution in [1.82, 2.24) is 77.0 Å². The van der Waals surface area contributed by atoms with E-state index in [0.717, 1.165) is 204 Å². The number of para-hydroxylation sites is 6. The second-order valence-corrected chi connectivity index (χ2v) is 39.6. The number of hydrogen-bond acceptors (Lipinski definition) is 13. The summed E-state index contributed by atoms with van der Waals surface area (Å²) in [6, 6.07) is 119. The quantitative estimate of drug-likeness (QED) is 0.0837. The van der Waals surface area contributed by atoms with Gasteiger partial charge in [-0.05, 0) is 164 Å². The largest absolute Gasteiger partial charge is 2.00 e. The van der Waals surface area contributed by atoms with Gasteiger partial charge >= 0.3 is 63.2 Å². The number of pyridine rings is 4. The predicted octanol–water partition coefficient (Wildman–Crippen LogP) is 30.3. The van der Waals surface area contributed by atoms with E-state index in [2.05, 4.69) is 392 Å². The van der Waals surface area contributed by atoms with Crippen molar-refractivity contribution in [3.8, 4) is 91.0 Å². The molecule has 0 N–H and O–H groups in total. The number of hydrogen-bond donors (Lipinski definition) is 0. The molecule has 16 aromatic carbocycles. The van der Waals surface area contributed by atoms with Gasteiger partial charge in [0.15, 0.2) is 16.8 Å². The van der Waals surface area contributed by atoms with Crippen molar-refractivity contribution in [2.45, 2.75) is 88.5 Å². The molecule has 19 nitrogen and oxygen atoms in total. The van der Waals surface area contributed by atoms with Crippen LogP contribution in [0.15, 0.2) is 316 Å². The van der Waals surface area contributed by atoms with Crippen LogP contribution in [0.2, 0.25) is 0 Å². The minimum atomic E-state index is -0.190. The number of aryl methyl sites for hydroxylation is 10. The number of imidazole rings is 1. The van der Waals surface area contributed by atoms with E-state index in [0.29, 0.717) is 34.5 Å². The summed E-state index contributed by atoms with van der Waals surface area (Å²) in [7, 11) is 0. The topological polar surface area (TPSA) is 177 Å². The fourth-order valence-corrected chi connectivity index (χ4v) is 23.4. The zero-order valence-electron chi connectivity index (χ0n) is 82.8. The van der Waals surface area contributed by atoms with E-state index in [9.17, 15) is 0 Å². The van der Waals surface area contributed by atoms with Crippen LogP contribution >= 0.6 is 11.3 Å². The molecule has 1 aliphatic heterocycles. The Bertz CT molecular complexity index is 10400. The van der Waals surface area contributed by atoms with E-state index in [1.54, 1.807) is 17.7 Å². The molecule has 726 valence electrons. The summed E-state index contributed by atoms with van der Waals surface area (Å²) < 4.78 is 35.2. The summed E-state index contributed by atoms with van der Waals surface area (Å²) in [6.07, 6.45) is 9.34. The summed E-state index contributed by atoms with van der Waals surface area (Å²) in [6.45, 7) is 25.8. The number of nitrogens with zero attached hydrogens (tertiary/aromatic N) is 16. The molecule has 23 heteroatoms. The minimum Gasteiger partial charge on any atom is -0.503 e. The zero-order valence-corrected chi connectivity index (χ0v) is 90.4. The van der Waals surface area contributed by atoms with Crippen LogP contribution < -0.4 is 14.2 Å². The molecule has 0 spiro atoms. The average Bonchev–Trinajstić information content (AvgIpc) is 1.54. The van der Waals surface area contributed by atoms with Gasteiger partial charge in [-0.2, -0.15) is 33.5 Å². The Balaban J connectivity index is 0.000000118. The summed E-state index contributed by atoms with van der Waals surface area (Å²) in [4.78, 5) is 14.4. The molecule has 0 amide bonds. The van der Waals surface area contributed by atoms with Crippen LogP contribution in [0.5, 0.6) is 34.5 Å². The molecule has 0 unspecified atom stereocenters. The third-order valence-electron chi connectivity index (χ3n) is 29.2. The molecular weight excluding hydrogens is 2400 g/mol. The molecule has 0 aliphatic carbocycles. The number of fused-ring (bicyclic) bond motifs is 29. The maximum atomic E-state index is 6.90. The van der Waals surface area contributed by atoms with Crippen LogP contribution in [0.25, 0.3) is 204 Å². The van der Waals surface area contributed by atoms with Crippen molar-refractivity contribution in [2.75, 3.05) is 0 Å². The van der Waals surface area contributed by atoms with Gasteiger partial charge < -0.3 is 41.1 Å². The van der Waals surface area contributed by atoms with Crippen molar-refractivity contribution in [1.29, 1.82) is 0 Å². The second kappa shape index (κ2) is 37.0. The number of ether oxygens (including phenoxy) is 3. The van der Waals surface area contributed by atoms with Crippen molar-refractivity contribution in [3.05, 3.63) is 419 Å². The van der Waals surface area contributed by atoms with Gasteiger partial charge in [0.05, 0.1) is 22.6 Å². The van der Waals surface area contributed by atoms with Gasteiger partial charge in [-0.3, -0.25) is 4.57 Å². The fourth-order valence-electron chi connectivity index (χ4n) is 22.7. The average molecular weight is 2490 g/mol. The van der Waals surface area contributed by atoms with Crippen LogP contribution in [0.4, 0.5) is 0 Å². The van der Waals surface area contributed by atoms with E-state index in [1.165, 1.54) is 66.5 Å². The predicted molar refractivity (Wildman–Crippen MR) is 586 cm³/mol. The minimum absolute atomic E-state index is 0. The number of benzene rings is 16. The normalized spacial score (nSPS) is 12.2. The molecule has 13 heterocycles. The van der Waals surface area contributed by atoms with Crippen LogP contribution in [0.3, 0.4) is 0 Å². The molecular formula is C126H88N16O3Pt3S. The Morgan fingerprint density at radius 3 is 1.53 bits per heavy atom. The molecule has 12 aromatic heterocycles. The Morgan fingerprint density at radius 1 is 0.322 bits per heavy atom. The third-order valence-corrected chi connectivity index (χ3v) is 30.0. The first kappa shape index (κ1) is 95.0. The first-order chi connectivity index (χ1) is 71.3. The Morgan fingerprint density at radius 2 is 0.846 bits per heavy atom. The molecule has 0 fully saturated rings. The number of thiazole rings is 1. The Hall–Kier alpha value is -16.2. The van der Waals surface area contributed by atoms with Gasteiger partial charge in [-0.25, -0.2) is 15.0 Å². The van der Waals surface area contributed by atoms with Crippen molar-refractivity contribution < 1.29 is 77.4 Å². The van der Waals surface area contributed by atoms with Gasteiger partial charge in [-0.15, -0.1) is 103 Å². The monoisotopic (exact) mass is 2490 g/mol. The zero-order chi connectivity index (χ0) is 98.5. The molecule has 28 aromatic rings. The van der Waals surface area contributed by atoms with Crippen LogP contribution in [0, 0.1) is 106 Å². The van der Waals surface area contributed by atoms with E-state index in [-0.39, 0.29) is 68.6 Å². The SMILES string of the molecule is Cc1cc(C)c(-c2nnc3c4[c-]c(Oc5[c-]c6c(cc5)c5ccccc5n6-c5nccs5)ccc4c4cc(C)ccc4n23)c(C)c1.Cc1cc2c([c-]c1Oc1[c-]c3c(cc1)c1ccccc1n3-c1nccn1-c1c(C)cccc1C)c1nnc(-c3ccccc3C)n1c1ccccc21.Cc1cccc(C)c1-c1cc2c([c-]c1Oc1[c-]c3c(cc1)c1cccc4c1n3-c1ncccc1C4(C)C)c1nncn1c1ccccc21.[Pt+2].[Pt+2].[Pt+2].